The van der Waals surface area contributed by atoms with Crippen molar-refractivity contribution in [3.8, 4) is 5.75 Å². The summed E-state index contributed by atoms with van der Waals surface area (Å²) in [6.45, 7) is -1.97. The second-order valence-electron chi connectivity index (χ2n) is 4.10. The van der Waals surface area contributed by atoms with E-state index < -0.39 is 38.0 Å². The van der Waals surface area contributed by atoms with Gasteiger partial charge in [-0.05, 0) is 12.1 Å². The molecule has 3 N–H and O–H groups in total. The van der Waals surface area contributed by atoms with Crippen LogP contribution in [0.25, 0.3) is 0 Å². The highest BCUT2D eigenvalue weighted by atomic mass is 19.3. The molecule has 1 aromatic rings. The monoisotopic (exact) mass is 302 g/mol. The number of para-hydroxylation sites is 1. The molecular formula is C13H16F2N2O4. The number of primary amides is 1. The molecule has 0 aliphatic heterocycles. The van der Waals surface area contributed by atoms with Gasteiger partial charge in [0, 0.05) is 6.54 Å². The average Bonchev–Trinajstić information content (AvgIpc) is 2.44. The van der Waals surface area contributed by atoms with Gasteiger partial charge in [0.1, 0.15) is 5.75 Å². The molecule has 8 heteroatoms. The first-order valence-corrected chi connectivity index (χ1v) is 6.14. The molecule has 0 atom stereocenters. The predicted octanol–water partition coefficient (Wildman–Crippen LogP) is 0.250. The summed E-state index contributed by atoms with van der Waals surface area (Å²) in [4.78, 5) is 23.7. The molecule has 0 aliphatic carbocycles. The minimum Gasteiger partial charge on any atom is -0.483 e. The average molecular weight is 302 g/mol. The van der Waals surface area contributed by atoms with Crippen molar-refractivity contribution in [1.82, 2.24) is 4.90 Å². The van der Waals surface area contributed by atoms with E-state index in [0.29, 0.717) is 0 Å². The number of nitrogens with two attached hydrogens (primary N) is 1. The Kier molecular flexibility index (Phi) is 6.54. The number of hydrogen-bond donors (Lipinski definition) is 2. The Morgan fingerprint density at radius 2 is 2.00 bits per heavy atom. The summed E-state index contributed by atoms with van der Waals surface area (Å²) >= 11 is 0. The smallest absolute Gasteiger partial charge is 0.260 e. The van der Waals surface area contributed by atoms with Crippen LogP contribution in [0.3, 0.4) is 0 Å². The van der Waals surface area contributed by atoms with Crippen molar-refractivity contribution in [3.05, 3.63) is 29.8 Å². The van der Waals surface area contributed by atoms with E-state index in [0.717, 1.165) is 4.90 Å². The van der Waals surface area contributed by atoms with Crippen molar-refractivity contribution >= 4 is 11.8 Å². The maximum atomic E-state index is 12.3. The fourth-order valence-electron chi connectivity index (χ4n) is 1.63. The van der Waals surface area contributed by atoms with E-state index in [1.165, 1.54) is 12.1 Å². The molecule has 0 aromatic heterocycles. The molecule has 21 heavy (non-hydrogen) atoms. The molecule has 2 amide bonds. The summed E-state index contributed by atoms with van der Waals surface area (Å²) in [5.41, 5.74) is 5.24. The zero-order chi connectivity index (χ0) is 15.8. The van der Waals surface area contributed by atoms with Crippen molar-refractivity contribution in [2.75, 3.05) is 26.3 Å². The van der Waals surface area contributed by atoms with E-state index in [1.54, 1.807) is 12.1 Å². The molecule has 1 aromatic carbocycles. The Labute approximate surface area is 120 Å². The maximum absolute atomic E-state index is 12.3. The standard InChI is InChI=1S/C13H16F2N2O4/c14-11(15)7-17(5-6-18)12(19)8-21-10-4-2-1-3-9(10)13(16)20/h1-4,11,18H,5-8H2,(H2,16,20). The van der Waals surface area contributed by atoms with Crippen LogP contribution < -0.4 is 10.5 Å². The summed E-state index contributed by atoms with van der Waals surface area (Å²) in [6, 6.07) is 6.02. The zero-order valence-corrected chi connectivity index (χ0v) is 11.2. The molecule has 0 saturated carbocycles. The van der Waals surface area contributed by atoms with E-state index in [1.807, 2.05) is 0 Å². The summed E-state index contributed by atoms with van der Waals surface area (Å²) in [5.74, 6) is -1.35. The summed E-state index contributed by atoms with van der Waals surface area (Å²) in [6.07, 6.45) is -2.71. The lowest BCUT2D eigenvalue weighted by molar-refractivity contribution is -0.135. The van der Waals surface area contributed by atoms with Gasteiger partial charge in [0.15, 0.2) is 6.61 Å². The van der Waals surface area contributed by atoms with Gasteiger partial charge in [-0.3, -0.25) is 9.59 Å². The molecule has 0 unspecified atom stereocenters. The number of halogens is 2. The van der Waals surface area contributed by atoms with Crippen LogP contribution in [0.4, 0.5) is 8.78 Å². The van der Waals surface area contributed by atoms with Crippen molar-refractivity contribution in [2.24, 2.45) is 5.73 Å². The molecule has 0 radical (unpaired) electrons. The third kappa shape index (κ3) is 5.35. The Balaban J connectivity index is 2.68. The zero-order valence-electron chi connectivity index (χ0n) is 11.2. The third-order valence-corrected chi connectivity index (χ3v) is 2.58. The first kappa shape index (κ1) is 16.8. The molecular weight excluding hydrogens is 286 g/mol. The van der Waals surface area contributed by atoms with Crippen molar-refractivity contribution < 1.29 is 28.2 Å². The van der Waals surface area contributed by atoms with Gasteiger partial charge >= 0.3 is 0 Å². The van der Waals surface area contributed by atoms with E-state index in [-0.39, 0.29) is 17.9 Å². The molecule has 1 rings (SSSR count). The van der Waals surface area contributed by atoms with Crippen molar-refractivity contribution in [1.29, 1.82) is 0 Å². The number of carbonyl (C=O) groups is 2. The summed E-state index contributed by atoms with van der Waals surface area (Å²) in [7, 11) is 0. The van der Waals surface area contributed by atoms with E-state index in [4.69, 9.17) is 15.6 Å². The largest absolute Gasteiger partial charge is 0.483 e. The molecule has 0 fully saturated rings. The highest BCUT2D eigenvalue weighted by Gasteiger charge is 2.19. The summed E-state index contributed by atoms with van der Waals surface area (Å²) < 4.78 is 29.8. The fraction of sp³-hybridized carbons (Fsp3) is 0.385. The van der Waals surface area contributed by atoms with Gasteiger partial charge in [0.25, 0.3) is 18.2 Å². The van der Waals surface area contributed by atoms with Crippen LogP contribution in [0.1, 0.15) is 10.4 Å². The van der Waals surface area contributed by atoms with Crippen LogP contribution >= 0.6 is 0 Å². The highest BCUT2D eigenvalue weighted by molar-refractivity contribution is 5.95. The second kappa shape index (κ2) is 8.15. The number of rotatable bonds is 8. The van der Waals surface area contributed by atoms with Crippen molar-refractivity contribution in [2.45, 2.75) is 6.43 Å². The molecule has 6 nitrogen and oxygen atoms in total. The first-order valence-electron chi connectivity index (χ1n) is 6.14. The highest BCUT2D eigenvalue weighted by Crippen LogP contribution is 2.17. The summed E-state index contributed by atoms with van der Waals surface area (Å²) in [5, 5.41) is 8.76. The minimum absolute atomic E-state index is 0.0906. The van der Waals surface area contributed by atoms with Gasteiger partial charge in [-0.15, -0.1) is 0 Å². The van der Waals surface area contributed by atoms with Crippen LogP contribution in [0.15, 0.2) is 24.3 Å². The number of aliphatic hydroxyl groups is 1. The third-order valence-electron chi connectivity index (χ3n) is 2.58. The number of amides is 2. The first-order chi connectivity index (χ1) is 9.95. The Morgan fingerprint density at radius 1 is 1.33 bits per heavy atom. The SMILES string of the molecule is NC(=O)c1ccccc1OCC(=O)N(CCO)CC(F)F. The quantitative estimate of drug-likeness (QED) is 0.720. The van der Waals surface area contributed by atoms with Gasteiger partial charge in [0.2, 0.25) is 0 Å². The van der Waals surface area contributed by atoms with Gasteiger partial charge in [-0.25, -0.2) is 8.78 Å². The normalized spacial score (nSPS) is 10.5. The molecule has 0 aliphatic rings. The Hall–Kier alpha value is -2.22. The second-order valence-corrected chi connectivity index (χ2v) is 4.10. The molecule has 0 heterocycles. The lowest BCUT2D eigenvalue weighted by Crippen LogP contribution is -2.40. The van der Waals surface area contributed by atoms with Crippen LogP contribution in [0, 0.1) is 0 Å². The van der Waals surface area contributed by atoms with Crippen molar-refractivity contribution in [3.63, 3.8) is 0 Å². The lowest BCUT2D eigenvalue weighted by Gasteiger charge is -2.21. The number of carbonyl (C=O) groups excluding carboxylic acids is 2. The van der Waals surface area contributed by atoms with Gasteiger partial charge < -0.3 is 20.5 Å². The van der Waals surface area contributed by atoms with Gasteiger partial charge in [-0.2, -0.15) is 0 Å². The van der Waals surface area contributed by atoms with E-state index in [2.05, 4.69) is 0 Å². The van der Waals surface area contributed by atoms with E-state index >= 15 is 0 Å². The van der Waals surface area contributed by atoms with Crippen LogP contribution in [-0.4, -0.2) is 54.5 Å². The molecule has 0 saturated heterocycles. The number of hydrogen-bond acceptors (Lipinski definition) is 4. The molecule has 0 bridgehead atoms. The van der Waals surface area contributed by atoms with Crippen LogP contribution in [0.2, 0.25) is 0 Å². The fourth-order valence-corrected chi connectivity index (χ4v) is 1.63. The maximum Gasteiger partial charge on any atom is 0.260 e. The Morgan fingerprint density at radius 3 is 2.57 bits per heavy atom. The minimum atomic E-state index is -2.71. The number of alkyl halides is 2. The van der Waals surface area contributed by atoms with Crippen LogP contribution in [-0.2, 0) is 4.79 Å². The number of ether oxygens (including phenoxy) is 1. The molecule has 116 valence electrons. The van der Waals surface area contributed by atoms with Gasteiger partial charge in [0.05, 0.1) is 18.7 Å². The van der Waals surface area contributed by atoms with E-state index in [9.17, 15) is 18.4 Å². The number of aliphatic hydroxyl groups excluding tert-OH is 1. The topological polar surface area (TPSA) is 92.9 Å². The van der Waals surface area contributed by atoms with Gasteiger partial charge in [-0.1, -0.05) is 12.1 Å². The predicted molar refractivity (Wildman–Crippen MR) is 70.1 cm³/mol. The Bertz CT molecular complexity index is 497. The lowest BCUT2D eigenvalue weighted by atomic mass is 10.2. The number of nitrogens with zero attached hydrogens (tertiary/aromatic N) is 1. The molecule has 0 spiro atoms. The van der Waals surface area contributed by atoms with Crippen LogP contribution in [0.5, 0.6) is 5.75 Å². The number of benzene rings is 1.